The summed E-state index contributed by atoms with van der Waals surface area (Å²) < 4.78 is 5.05. The Morgan fingerprint density at radius 1 is 1.39 bits per heavy atom. The van der Waals surface area contributed by atoms with E-state index in [0.29, 0.717) is 6.61 Å². The van der Waals surface area contributed by atoms with Crippen molar-refractivity contribution in [3.05, 3.63) is 18.0 Å². The van der Waals surface area contributed by atoms with Gasteiger partial charge in [-0.25, -0.2) is 9.97 Å². The Bertz CT molecular complexity index is 397. The van der Waals surface area contributed by atoms with E-state index in [1.807, 2.05) is 26.2 Å². The first-order valence-electron chi connectivity index (χ1n) is 6.41. The van der Waals surface area contributed by atoms with Crippen molar-refractivity contribution >= 4 is 11.9 Å². The monoisotopic (exact) mass is 249 g/mol. The van der Waals surface area contributed by atoms with E-state index in [1.54, 1.807) is 0 Å². The van der Waals surface area contributed by atoms with Crippen molar-refractivity contribution in [2.24, 2.45) is 5.92 Å². The lowest BCUT2D eigenvalue weighted by atomic mass is 9.97. The largest absolute Gasteiger partial charge is 0.466 e. The van der Waals surface area contributed by atoms with E-state index in [4.69, 9.17) is 4.74 Å². The van der Waals surface area contributed by atoms with Gasteiger partial charge in [-0.2, -0.15) is 0 Å². The van der Waals surface area contributed by atoms with E-state index in [0.717, 1.165) is 37.4 Å². The first-order valence-corrected chi connectivity index (χ1v) is 6.41. The van der Waals surface area contributed by atoms with E-state index in [-0.39, 0.29) is 11.9 Å². The summed E-state index contributed by atoms with van der Waals surface area (Å²) in [4.78, 5) is 22.3. The van der Waals surface area contributed by atoms with Crippen LogP contribution in [0.4, 0.5) is 5.95 Å². The van der Waals surface area contributed by atoms with E-state index in [1.165, 1.54) is 0 Å². The zero-order valence-corrected chi connectivity index (χ0v) is 10.9. The predicted octanol–water partition coefficient (Wildman–Crippen LogP) is 1.56. The van der Waals surface area contributed by atoms with Gasteiger partial charge in [0.05, 0.1) is 12.5 Å². The van der Waals surface area contributed by atoms with Gasteiger partial charge in [-0.1, -0.05) is 0 Å². The molecule has 5 heteroatoms. The van der Waals surface area contributed by atoms with E-state index >= 15 is 0 Å². The van der Waals surface area contributed by atoms with E-state index in [9.17, 15) is 4.79 Å². The van der Waals surface area contributed by atoms with Gasteiger partial charge in [-0.3, -0.25) is 4.79 Å². The number of rotatable bonds is 3. The SMILES string of the molecule is CCOC(=O)C1CCN(c2ncc(C)cn2)CC1. The number of piperidine rings is 1. The maximum atomic E-state index is 11.6. The zero-order chi connectivity index (χ0) is 13.0. The highest BCUT2D eigenvalue weighted by Gasteiger charge is 2.26. The number of carbonyl (C=O) groups excluding carboxylic acids is 1. The van der Waals surface area contributed by atoms with Gasteiger partial charge in [-0.05, 0) is 32.3 Å². The average molecular weight is 249 g/mol. The van der Waals surface area contributed by atoms with Gasteiger partial charge in [0.1, 0.15) is 0 Å². The normalized spacial score (nSPS) is 16.7. The topological polar surface area (TPSA) is 55.3 Å². The van der Waals surface area contributed by atoms with Gasteiger partial charge >= 0.3 is 5.97 Å². The highest BCUT2D eigenvalue weighted by Crippen LogP contribution is 2.21. The second-order valence-electron chi connectivity index (χ2n) is 4.57. The minimum absolute atomic E-state index is 0.0339. The van der Waals surface area contributed by atoms with Gasteiger partial charge in [-0.15, -0.1) is 0 Å². The zero-order valence-electron chi connectivity index (χ0n) is 10.9. The number of aryl methyl sites for hydroxylation is 1. The van der Waals surface area contributed by atoms with Crippen molar-refractivity contribution in [2.75, 3.05) is 24.6 Å². The Kier molecular flexibility index (Phi) is 4.12. The van der Waals surface area contributed by atoms with Gasteiger partial charge < -0.3 is 9.64 Å². The number of hydrogen-bond donors (Lipinski definition) is 0. The maximum absolute atomic E-state index is 11.6. The number of esters is 1. The summed E-state index contributed by atoms with van der Waals surface area (Å²) in [5.74, 6) is 0.719. The molecular formula is C13H19N3O2. The molecule has 18 heavy (non-hydrogen) atoms. The molecule has 0 atom stereocenters. The number of ether oxygens (including phenoxy) is 1. The Morgan fingerprint density at radius 3 is 2.56 bits per heavy atom. The number of nitrogens with zero attached hydrogens (tertiary/aromatic N) is 3. The van der Waals surface area contributed by atoms with Crippen molar-refractivity contribution in [1.82, 2.24) is 9.97 Å². The molecule has 2 rings (SSSR count). The van der Waals surface area contributed by atoms with Crippen LogP contribution in [0.1, 0.15) is 25.3 Å². The number of anilines is 1. The van der Waals surface area contributed by atoms with Crippen LogP contribution in [0.25, 0.3) is 0 Å². The molecule has 0 spiro atoms. The van der Waals surface area contributed by atoms with Crippen LogP contribution >= 0.6 is 0 Å². The van der Waals surface area contributed by atoms with Gasteiger partial charge in [0.2, 0.25) is 5.95 Å². The molecule has 1 aliphatic rings. The lowest BCUT2D eigenvalue weighted by molar-refractivity contribution is -0.148. The molecule has 1 aromatic heterocycles. The summed E-state index contributed by atoms with van der Waals surface area (Å²) in [6.07, 6.45) is 5.27. The lowest BCUT2D eigenvalue weighted by Crippen LogP contribution is -2.37. The van der Waals surface area contributed by atoms with Crippen LogP contribution in [0.2, 0.25) is 0 Å². The van der Waals surface area contributed by atoms with Crippen LogP contribution in [-0.2, 0) is 9.53 Å². The molecule has 1 aliphatic heterocycles. The van der Waals surface area contributed by atoms with Crippen LogP contribution in [0.5, 0.6) is 0 Å². The molecule has 0 bridgehead atoms. The van der Waals surface area contributed by atoms with Crippen molar-refractivity contribution in [2.45, 2.75) is 26.7 Å². The number of hydrogen-bond acceptors (Lipinski definition) is 5. The van der Waals surface area contributed by atoms with Crippen LogP contribution in [0, 0.1) is 12.8 Å². The highest BCUT2D eigenvalue weighted by molar-refractivity contribution is 5.72. The fraction of sp³-hybridized carbons (Fsp3) is 0.615. The minimum Gasteiger partial charge on any atom is -0.466 e. The quantitative estimate of drug-likeness (QED) is 0.761. The molecule has 2 heterocycles. The summed E-state index contributed by atoms with van der Waals surface area (Å²) in [7, 11) is 0. The smallest absolute Gasteiger partial charge is 0.309 e. The molecule has 98 valence electrons. The maximum Gasteiger partial charge on any atom is 0.309 e. The van der Waals surface area contributed by atoms with Crippen molar-refractivity contribution in [1.29, 1.82) is 0 Å². The first-order chi connectivity index (χ1) is 8.70. The fourth-order valence-corrected chi connectivity index (χ4v) is 2.12. The standard InChI is InChI=1S/C13H19N3O2/c1-3-18-12(17)11-4-6-16(7-5-11)13-14-8-10(2)9-15-13/h8-9,11H,3-7H2,1-2H3. The second-order valence-corrected chi connectivity index (χ2v) is 4.57. The predicted molar refractivity (Wildman–Crippen MR) is 68.3 cm³/mol. The number of aromatic nitrogens is 2. The van der Waals surface area contributed by atoms with Crippen LogP contribution in [0.3, 0.4) is 0 Å². The molecule has 0 radical (unpaired) electrons. The minimum atomic E-state index is -0.0676. The van der Waals surface area contributed by atoms with Crippen LogP contribution in [0.15, 0.2) is 12.4 Å². The molecule has 0 amide bonds. The Hall–Kier alpha value is -1.65. The number of carbonyl (C=O) groups is 1. The van der Waals surface area contributed by atoms with E-state index < -0.39 is 0 Å². The lowest BCUT2D eigenvalue weighted by Gasteiger charge is -2.30. The molecule has 5 nitrogen and oxygen atoms in total. The third-order valence-electron chi connectivity index (χ3n) is 3.17. The molecule has 0 aromatic carbocycles. The molecule has 0 aliphatic carbocycles. The van der Waals surface area contributed by atoms with Crippen molar-refractivity contribution < 1.29 is 9.53 Å². The van der Waals surface area contributed by atoms with Crippen molar-refractivity contribution in [3.63, 3.8) is 0 Å². The van der Waals surface area contributed by atoms with E-state index in [2.05, 4.69) is 14.9 Å². The molecule has 1 aromatic rings. The van der Waals surface area contributed by atoms with Crippen molar-refractivity contribution in [3.8, 4) is 0 Å². The fourth-order valence-electron chi connectivity index (χ4n) is 2.12. The summed E-state index contributed by atoms with van der Waals surface area (Å²) in [5, 5.41) is 0. The Morgan fingerprint density at radius 2 is 2.00 bits per heavy atom. The van der Waals surface area contributed by atoms with Gasteiger partial charge in [0.25, 0.3) is 0 Å². The highest BCUT2D eigenvalue weighted by atomic mass is 16.5. The van der Waals surface area contributed by atoms with Gasteiger partial charge in [0, 0.05) is 25.5 Å². The third-order valence-corrected chi connectivity index (χ3v) is 3.17. The molecule has 1 saturated heterocycles. The summed E-state index contributed by atoms with van der Waals surface area (Å²) in [5.41, 5.74) is 1.06. The summed E-state index contributed by atoms with van der Waals surface area (Å²) >= 11 is 0. The summed E-state index contributed by atoms with van der Waals surface area (Å²) in [6, 6.07) is 0. The third kappa shape index (κ3) is 2.97. The Labute approximate surface area is 107 Å². The van der Waals surface area contributed by atoms with Crippen LogP contribution < -0.4 is 4.90 Å². The molecular weight excluding hydrogens is 230 g/mol. The first kappa shape index (κ1) is 12.8. The molecule has 0 unspecified atom stereocenters. The van der Waals surface area contributed by atoms with Gasteiger partial charge in [0.15, 0.2) is 0 Å². The molecule has 1 fully saturated rings. The Balaban J connectivity index is 1.90. The molecule has 0 saturated carbocycles. The second kappa shape index (κ2) is 5.80. The average Bonchev–Trinajstić information content (AvgIpc) is 2.40. The molecule has 0 N–H and O–H groups in total. The van der Waals surface area contributed by atoms with Crippen LogP contribution in [-0.4, -0.2) is 35.6 Å². The summed E-state index contributed by atoms with van der Waals surface area (Å²) in [6.45, 7) is 5.89.